The third kappa shape index (κ3) is 2.38. The van der Waals surface area contributed by atoms with E-state index in [1.54, 1.807) is 0 Å². The van der Waals surface area contributed by atoms with E-state index in [9.17, 15) is 4.39 Å². The Hall–Kier alpha value is -1.44. The summed E-state index contributed by atoms with van der Waals surface area (Å²) in [5.74, 6) is 0.0205. The van der Waals surface area contributed by atoms with Crippen molar-refractivity contribution in [3.63, 3.8) is 0 Å². The van der Waals surface area contributed by atoms with Gasteiger partial charge in [-0.15, -0.1) is 0 Å². The van der Waals surface area contributed by atoms with Crippen LogP contribution in [-0.2, 0) is 6.42 Å². The number of hydrogen-bond acceptors (Lipinski definition) is 1. The van der Waals surface area contributed by atoms with Crippen LogP contribution in [-0.4, -0.2) is 4.98 Å². The molecule has 0 saturated heterocycles. The number of pyridine rings is 1. The number of hydrogen-bond donors (Lipinski definition) is 0. The summed E-state index contributed by atoms with van der Waals surface area (Å²) in [6.07, 6.45) is 2.89. The molecule has 18 heavy (non-hydrogen) atoms. The molecule has 2 rings (SSSR count). The van der Waals surface area contributed by atoms with Crippen molar-refractivity contribution < 1.29 is 4.39 Å². The second kappa shape index (κ2) is 5.47. The Kier molecular flexibility index (Phi) is 3.95. The molecular weight excluding hydrogens is 225 g/mol. The van der Waals surface area contributed by atoms with Crippen molar-refractivity contribution in [2.45, 2.75) is 46.0 Å². The van der Waals surface area contributed by atoms with E-state index < -0.39 is 0 Å². The van der Waals surface area contributed by atoms with Gasteiger partial charge in [-0.3, -0.25) is 0 Å². The van der Waals surface area contributed by atoms with Crippen LogP contribution in [0.1, 0.15) is 50.8 Å². The van der Waals surface area contributed by atoms with Gasteiger partial charge in [0.2, 0.25) is 0 Å². The number of benzene rings is 1. The molecule has 1 heterocycles. The predicted molar refractivity (Wildman–Crippen MR) is 74.4 cm³/mol. The Bertz CT molecular complexity index is 546. The van der Waals surface area contributed by atoms with Crippen LogP contribution in [0.25, 0.3) is 10.9 Å². The number of aromatic nitrogens is 1. The van der Waals surface area contributed by atoms with Crippen molar-refractivity contribution in [1.82, 2.24) is 4.98 Å². The molecule has 1 aromatic carbocycles. The number of nitrogens with zero attached hydrogens (tertiary/aromatic N) is 1. The molecule has 0 fully saturated rings. The van der Waals surface area contributed by atoms with E-state index in [1.165, 1.54) is 0 Å². The van der Waals surface area contributed by atoms with Crippen molar-refractivity contribution >= 4 is 10.9 Å². The van der Waals surface area contributed by atoms with Crippen molar-refractivity contribution in [3.8, 4) is 0 Å². The molecule has 0 radical (unpaired) electrons. The summed E-state index contributed by atoms with van der Waals surface area (Å²) in [5, 5.41) is 0.966. The van der Waals surface area contributed by atoms with E-state index in [0.717, 1.165) is 35.7 Å². The van der Waals surface area contributed by atoms with Gasteiger partial charge in [0.25, 0.3) is 0 Å². The van der Waals surface area contributed by atoms with Crippen LogP contribution in [0.2, 0.25) is 0 Å². The molecule has 1 nitrogen and oxygen atoms in total. The number of fused-ring (bicyclic) bond motifs is 1. The van der Waals surface area contributed by atoms with Gasteiger partial charge >= 0.3 is 0 Å². The molecule has 0 bridgehead atoms. The van der Waals surface area contributed by atoms with Crippen molar-refractivity contribution in [2.24, 2.45) is 0 Å². The van der Waals surface area contributed by atoms with Crippen LogP contribution in [0.4, 0.5) is 4.39 Å². The van der Waals surface area contributed by atoms with Gasteiger partial charge in [-0.2, -0.15) is 0 Å². The van der Waals surface area contributed by atoms with E-state index >= 15 is 0 Å². The lowest BCUT2D eigenvalue weighted by Crippen LogP contribution is -2.04. The SMILES string of the molecule is CCCCc1c(F)c(C(C)C)nc2ccccc12. The summed E-state index contributed by atoms with van der Waals surface area (Å²) >= 11 is 0. The topological polar surface area (TPSA) is 12.9 Å². The number of rotatable bonds is 4. The van der Waals surface area contributed by atoms with Crippen LogP contribution >= 0.6 is 0 Å². The summed E-state index contributed by atoms with van der Waals surface area (Å²) < 4.78 is 14.5. The first kappa shape index (κ1) is 13.0. The predicted octanol–water partition coefficient (Wildman–Crippen LogP) is 4.84. The van der Waals surface area contributed by atoms with Gasteiger partial charge in [0, 0.05) is 5.39 Å². The zero-order valence-corrected chi connectivity index (χ0v) is 11.3. The van der Waals surface area contributed by atoms with E-state index in [0.29, 0.717) is 5.69 Å². The van der Waals surface area contributed by atoms with Crippen LogP contribution in [0.3, 0.4) is 0 Å². The van der Waals surface area contributed by atoms with Gasteiger partial charge in [0.1, 0.15) is 5.82 Å². The molecule has 0 aliphatic rings. The molecule has 2 aromatic rings. The lowest BCUT2D eigenvalue weighted by Gasteiger charge is -2.13. The highest BCUT2D eigenvalue weighted by Gasteiger charge is 2.16. The number of aryl methyl sites for hydroxylation is 1. The maximum absolute atomic E-state index is 14.5. The standard InChI is InChI=1S/C16H20FN/c1-4-5-8-13-12-9-6-7-10-14(12)18-16(11(2)3)15(13)17/h6-7,9-11H,4-5,8H2,1-3H3. The third-order valence-electron chi connectivity index (χ3n) is 3.29. The van der Waals surface area contributed by atoms with Gasteiger partial charge in [-0.1, -0.05) is 45.4 Å². The summed E-state index contributed by atoms with van der Waals surface area (Å²) in [7, 11) is 0. The highest BCUT2D eigenvalue weighted by molar-refractivity contribution is 5.82. The normalized spacial score (nSPS) is 11.4. The fourth-order valence-electron chi connectivity index (χ4n) is 2.26. The van der Waals surface area contributed by atoms with Crippen LogP contribution in [0.15, 0.2) is 24.3 Å². The quantitative estimate of drug-likeness (QED) is 0.751. The first-order valence-corrected chi connectivity index (χ1v) is 6.72. The highest BCUT2D eigenvalue weighted by atomic mass is 19.1. The molecular formula is C16H20FN. The van der Waals surface area contributed by atoms with E-state index in [1.807, 2.05) is 38.1 Å². The summed E-state index contributed by atoms with van der Waals surface area (Å²) in [6.45, 7) is 6.11. The molecule has 0 unspecified atom stereocenters. The lowest BCUT2D eigenvalue weighted by atomic mass is 9.98. The maximum Gasteiger partial charge on any atom is 0.148 e. The Morgan fingerprint density at radius 3 is 2.61 bits per heavy atom. The molecule has 0 N–H and O–H groups in total. The van der Waals surface area contributed by atoms with Crippen molar-refractivity contribution in [1.29, 1.82) is 0 Å². The number of halogens is 1. The fraction of sp³-hybridized carbons (Fsp3) is 0.438. The number of para-hydroxylation sites is 1. The third-order valence-corrected chi connectivity index (χ3v) is 3.29. The van der Waals surface area contributed by atoms with E-state index in [2.05, 4.69) is 11.9 Å². The highest BCUT2D eigenvalue weighted by Crippen LogP contribution is 2.27. The Balaban J connectivity index is 2.65. The molecule has 0 aliphatic heterocycles. The van der Waals surface area contributed by atoms with Crippen molar-refractivity contribution in [2.75, 3.05) is 0 Å². The zero-order chi connectivity index (χ0) is 13.1. The van der Waals surface area contributed by atoms with Gasteiger partial charge in [0.15, 0.2) is 0 Å². The first-order valence-electron chi connectivity index (χ1n) is 6.72. The largest absolute Gasteiger partial charge is 0.249 e. The first-order chi connectivity index (χ1) is 8.65. The number of unbranched alkanes of at least 4 members (excludes halogenated alkanes) is 1. The molecule has 0 aliphatic carbocycles. The van der Waals surface area contributed by atoms with Crippen LogP contribution in [0, 0.1) is 5.82 Å². The second-order valence-corrected chi connectivity index (χ2v) is 5.06. The minimum atomic E-state index is -0.0999. The second-order valence-electron chi connectivity index (χ2n) is 5.06. The maximum atomic E-state index is 14.5. The average Bonchev–Trinajstić information content (AvgIpc) is 2.37. The molecule has 1 aromatic heterocycles. The van der Waals surface area contributed by atoms with Gasteiger partial charge in [-0.25, -0.2) is 9.37 Å². The van der Waals surface area contributed by atoms with Crippen molar-refractivity contribution in [3.05, 3.63) is 41.3 Å². The van der Waals surface area contributed by atoms with Gasteiger partial charge in [0.05, 0.1) is 11.2 Å². The Morgan fingerprint density at radius 2 is 1.94 bits per heavy atom. The summed E-state index contributed by atoms with van der Waals surface area (Å²) in [4.78, 5) is 4.47. The van der Waals surface area contributed by atoms with E-state index in [-0.39, 0.29) is 11.7 Å². The Labute approximate surface area is 108 Å². The minimum absolute atomic E-state index is 0.0999. The fourth-order valence-corrected chi connectivity index (χ4v) is 2.26. The Morgan fingerprint density at radius 1 is 1.22 bits per heavy atom. The van der Waals surface area contributed by atoms with Crippen LogP contribution in [0.5, 0.6) is 0 Å². The zero-order valence-electron chi connectivity index (χ0n) is 11.3. The molecule has 0 saturated carbocycles. The summed E-state index contributed by atoms with van der Waals surface area (Å²) in [6, 6.07) is 7.85. The lowest BCUT2D eigenvalue weighted by molar-refractivity contribution is 0.569. The smallest absolute Gasteiger partial charge is 0.148 e. The van der Waals surface area contributed by atoms with Crippen LogP contribution < -0.4 is 0 Å². The monoisotopic (exact) mass is 245 g/mol. The molecule has 0 amide bonds. The molecule has 0 spiro atoms. The minimum Gasteiger partial charge on any atom is -0.249 e. The molecule has 96 valence electrons. The summed E-state index contributed by atoms with van der Waals surface area (Å²) in [5.41, 5.74) is 2.35. The van der Waals surface area contributed by atoms with E-state index in [4.69, 9.17) is 0 Å². The molecule has 2 heteroatoms. The molecule has 0 atom stereocenters. The van der Waals surface area contributed by atoms with Gasteiger partial charge < -0.3 is 0 Å². The average molecular weight is 245 g/mol. The van der Waals surface area contributed by atoms with Gasteiger partial charge in [-0.05, 0) is 30.4 Å².